The molecule has 1 aliphatic rings. The summed E-state index contributed by atoms with van der Waals surface area (Å²) in [5.74, 6) is -1.55. The van der Waals surface area contributed by atoms with Gasteiger partial charge < -0.3 is 15.5 Å². The van der Waals surface area contributed by atoms with Crippen LogP contribution in [-0.2, 0) is 4.79 Å². The van der Waals surface area contributed by atoms with E-state index in [-0.39, 0.29) is 18.9 Å². The van der Waals surface area contributed by atoms with Crippen LogP contribution in [0.1, 0.15) is 16.8 Å². The molecule has 2 atom stereocenters. The molecule has 0 aliphatic carbocycles. The predicted molar refractivity (Wildman–Crippen MR) is 68.5 cm³/mol. The number of carboxylic acid groups (broad SMARTS) is 2. The summed E-state index contributed by atoms with van der Waals surface area (Å²) in [7, 11) is 0. The summed E-state index contributed by atoms with van der Waals surface area (Å²) in [6, 6.07) is 6.86. The Hall–Kier alpha value is -2.57. The Kier molecular flexibility index (Phi) is 3.88. The fourth-order valence-corrected chi connectivity index (χ4v) is 2.24. The van der Waals surface area contributed by atoms with Crippen LogP contribution in [0.25, 0.3) is 0 Å². The number of rotatable bonds is 3. The van der Waals surface area contributed by atoms with Gasteiger partial charge in [-0.3, -0.25) is 9.69 Å². The number of hydrogen-bond acceptors (Lipinski definition) is 3. The molecular formula is C13H14N2O5. The lowest BCUT2D eigenvalue weighted by Gasteiger charge is -2.16. The van der Waals surface area contributed by atoms with Crippen molar-refractivity contribution >= 4 is 18.0 Å². The summed E-state index contributed by atoms with van der Waals surface area (Å²) >= 11 is 0. The first-order chi connectivity index (χ1) is 9.49. The van der Waals surface area contributed by atoms with Crippen LogP contribution >= 0.6 is 0 Å². The standard InChI is InChI=1S/C13H14N2O5/c16-11(8-4-2-1-3-5-8)14-9-6-10(12(17)18)15(7-9)13(19)20/h1-5,9-10H,6-7H2,(H,14,16)(H,17,18)(H,19,20). The molecule has 0 aromatic heterocycles. The van der Waals surface area contributed by atoms with Crippen molar-refractivity contribution in [2.45, 2.75) is 18.5 Å². The van der Waals surface area contributed by atoms with Crippen LogP contribution in [0.5, 0.6) is 0 Å². The van der Waals surface area contributed by atoms with Crippen molar-refractivity contribution in [2.24, 2.45) is 0 Å². The first-order valence-electron chi connectivity index (χ1n) is 6.07. The minimum atomic E-state index is -1.30. The highest BCUT2D eigenvalue weighted by Crippen LogP contribution is 2.18. The average Bonchev–Trinajstić information content (AvgIpc) is 2.84. The van der Waals surface area contributed by atoms with Gasteiger partial charge in [0.05, 0.1) is 0 Å². The van der Waals surface area contributed by atoms with Gasteiger partial charge in [0.1, 0.15) is 6.04 Å². The smallest absolute Gasteiger partial charge is 0.408 e. The molecule has 1 aromatic carbocycles. The molecule has 0 spiro atoms. The lowest BCUT2D eigenvalue weighted by molar-refractivity contribution is -0.141. The van der Waals surface area contributed by atoms with E-state index in [1.165, 1.54) is 0 Å². The molecule has 7 nitrogen and oxygen atoms in total. The molecule has 106 valence electrons. The van der Waals surface area contributed by atoms with Crippen LogP contribution in [0, 0.1) is 0 Å². The number of amides is 2. The third kappa shape index (κ3) is 2.87. The van der Waals surface area contributed by atoms with Crippen molar-refractivity contribution in [3.8, 4) is 0 Å². The van der Waals surface area contributed by atoms with E-state index in [4.69, 9.17) is 10.2 Å². The number of carbonyl (C=O) groups is 3. The van der Waals surface area contributed by atoms with Gasteiger partial charge >= 0.3 is 12.1 Å². The maximum atomic E-state index is 11.9. The zero-order valence-corrected chi connectivity index (χ0v) is 10.5. The molecule has 1 fully saturated rings. The van der Waals surface area contributed by atoms with Crippen molar-refractivity contribution in [2.75, 3.05) is 6.54 Å². The highest BCUT2D eigenvalue weighted by molar-refractivity contribution is 5.94. The van der Waals surface area contributed by atoms with Crippen molar-refractivity contribution < 1.29 is 24.6 Å². The van der Waals surface area contributed by atoms with E-state index in [2.05, 4.69) is 5.32 Å². The van der Waals surface area contributed by atoms with Crippen LogP contribution in [0.2, 0.25) is 0 Å². The third-order valence-corrected chi connectivity index (χ3v) is 3.20. The van der Waals surface area contributed by atoms with Gasteiger partial charge in [0, 0.05) is 24.6 Å². The molecule has 1 heterocycles. The number of carboxylic acids is 1. The molecule has 3 N–H and O–H groups in total. The fraction of sp³-hybridized carbons (Fsp3) is 0.308. The van der Waals surface area contributed by atoms with Gasteiger partial charge in [0.15, 0.2) is 0 Å². The van der Waals surface area contributed by atoms with Crippen LogP contribution < -0.4 is 5.32 Å². The molecule has 2 unspecified atom stereocenters. The predicted octanol–water partition coefficient (Wildman–Crippen LogP) is 0.622. The molecule has 2 amide bonds. The number of aliphatic carboxylic acids is 1. The van der Waals surface area contributed by atoms with Crippen LogP contribution in [0.15, 0.2) is 30.3 Å². The summed E-state index contributed by atoms with van der Waals surface area (Å²) in [5, 5.41) is 20.6. The maximum Gasteiger partial charge on any atom is 0.408 e. The van der Waals surface area contributed by atoms with E-state index in [1.54, 1.807) is 30.3 Å². The third-order valence-electron chi connectivity index (χ3n) is 3.20. The quantitative estimate of drug-likeness (QED) is 0.751. The fourth-order valence-electron chi connectivity index (χ4n) is 2.24. The van der Waals surface area contributed by atoms with Gasteiger partial charge in [0.2, 0.25) is 0 Å². The van der Waals surface area contributed by atoms with Gasteiger partial charge in [-0.25, -0.2) is 9.59 Å². The van der Waals surface area contributed by atoms with Gasteiger partial charge in [-0.05, 0) is 12.1 Å². The maximum absolute atomic E-state index is 11.9. The number of nitrogens with zero attached hydrogens (tertiary/aromatic N) is 1. The summed E-state index contributed by atoms with van der Waals surface area (Å²) in [4.78, 5) is 34.7. The van der Waals surface area contributed by atoms with E-state index < -0.39 is 24.1 Å². The highest BCUT2D eigenvalue weighted by Gasteiger charge is 2.40. The SMILES string of the molecule is O=C(NC1CC(C(=O)O)N(C(=O)O)C1)c1ccccc1. The zero-order valence-electron chi connectivity index (χ0n) is 10.5. The Bertz CT molecular complexity index is 509. The van der Waals surface area contributed by atoms with Crippen molar-refractivity contribution in [1.29, 1.82) is 0 Å². The summed E-state index contributed by atoms with van der Waals surface area (Å²) in [5.41, 5.74) is 0.452. The Morgan fingerprint density at radius 1 is 1.15 bits per heavy atom. The molecule has 7 heteroatoms. The van der Waals surface area contributed by atoms with Gasteiger partial charge in [-0.15, -0.1) is 0 Å². The lowest BCUT2D eigenvalue weighted by Crippen LogP contribution is -2.40. The Morgan fingerprint density at radius 3 is 2.30 bits per heavy atom. The van der Waals surface area contributed by atoms with Crippen molar-refractivity contribution in [1.82, 2.24) is 10.2 Å². The molecule has 1 aromatic rings. The van der Waals surface area contributed by atoms with E-state index in [0.29, 0.717) is 5.56 Å². The zero-order chi connectivity index (χ0) is 14.7. The van der Waals surface area contributed by atoms with Crippen molar-refractivity contribution in [3.05, 3.63) is 35.9 Å². The minimum Gasteiger partial charge on any atom is -0.480 e. The largest absolute Gasteiger partial charge is 0.480 e. The molecule has 2 rings (SSSR count). The average molecular weight is 278 g/mol. The molecule has 20 heavy (non-hydrogen) atoms. The molecular weight excluding hydrogens is 264 g/mol. The second-order valence-corrected chi connectivity index (χ2v) is 4.56. The van der Waals surface area contributed by atoms with E-state index in [9.17, 15) is 14.4 Å². The molecule has 0 bridgehead atoms. The van der Waals surface area contributed by atoms with E-state index in [0.717, 1.165) is 4.90 Å². The number of benzene rings is 1. The minimum absolute atomic E-state index is 0.0229. The normalized spacial score (nSPS) is 21.5. The summed E-state index contributed by atoms with van der Waals surface area (Å²) in [6.07, 6.45) is -1.23. The van der Waals surface area contributed by atoms with Gasteiger partial charge in [-0.1, -0.05) is 18.2 Å². The Labute approximate surface area is 114 Å². The van der Waals surface area contributed by atoms with Gasteiger partial charge in [0.25, 0.3) is 5.91 Å². The van der Waals surface area contributed by atoms with Crippen LogP contribution in [-0.4, -0.2) is 51.7 Å². The number of likely N-dealkylation sites (tertiary alicyclic amines) is 1. The Balaban J connectivity index is 2.03. The van der Waals surface area contributed by atoms with Crippen LogP contribution in [0.4, 0.5) is 4.79 Å². The summed E-state index contributed by atoms with van der Waals surface area (Å²) < 4.78 is 0. The molecule has 1 saturated heterocycles. The van der Waals surface area contributed by atoms with Gasteiger partial charge in [-0.2, -0.15) is 0 Å². The first kappa shape index (κ1) is 13.9. The Morgan fingerprint density at radius 2 is 1.80 bits per heavy atom. The van der Waals surface area contributed by atoms with E-state index >= 15 is 0 Å². The molecule has 0 saturated carbocycles. The van der Waals surface area contributed by atoms with E-state index in [1.807, 2.05) is 0 Å². The lowest BCUT2D eigenvalue weighted by atomic mass is 10.1. The topological polar surface area (TPSA) is 107 Å². The number of hydrogen-bond donors (Lipinski definition) is 3. The number of nitrogens with one attached hydrogen (secondary N) is 1. The molecule has 1 aliphatic heterocycles. The number of carbonyl (C=O) groups excluding carboxylic acids is 1. The monoisotopic (exact) mass is 278 g/mol. The highest BCUT2D eigenvalue weighted by atomic mass is 16.4. The summed E-state index contributed by atoms with van der Waals surface area (Å²) in [6.45, 7) is -0.0229. The van der Waals surface area contributed by atoms with Crippen molar-refractivity contribution in [3.63, 3.8) is 0 Å². The first-order valence-corrected chi connectivity index (χ1v) is 6.07. The molecule has 0 radical (unpaired) electrons. The van der Waals surface area contributed by atoms with Crippen LogP contribution in [0.3, 0.4) is 0 Å². The second-order valence-electron chi connectivity index (χ2n) is 4.56. The second kappa shape index (κ2) is 5.60.